The third kappa shape index (κ3) is 3.18. The molecule has 0 saturated heterocycles. The number of ether oxygens (including phenoxy) is 1. The number of carbonyl (C=O) groups excluding carboxylic acids is 1. The second kappa shape index (κ2) is 6.74. The van der Waals surface area contributed by atoms with Crippen molar-refractivity contribution in [2.24, 2.45) is 0 Å². The molecular weight excluding hydrogens is 338 g/mol. The molecule has 0 atom stereocenters. The van der Waals surface area contributed by atoms with Crippen LogP contribution < -0.4 is 4.74 Å². The van der Waals surface area contributed by atoms with Crippen molar-refractivity contribution in [2.45, 2.75) is 19.4 Å². The van der Waals surface area contributed by atoms with E-state index < -0.39 is 35.1 Å². The number of alkyl halides is 2. The first kappa shape index (κ1) is 17.3. The topological polar surface area (TPSA) is 29.5 Å². The van der Waals surface area contributed by atoms with E-state index in [4.69, 9.17) is 4.74 Å². The summed E-state index contributed by atoms with van der Waals surface area (Å²) in [6, 6.07) is 7.39. The van der Waals surface area contributed by atoms with Gasteiger partial charge in [-0.1, -0.05) is 12.1 Å². The SMILES string of the molecule is COc1ccc(CN2CCc3c(F)c(C(F)F)cc(F)c3C2=O)cc1. The van der Waals surface area contributed by atoms with Crippen LogP contribution in [-0.2, 0) is 13.0 Å². The van der Waals surface area contributed by atoms with E-state index in [2.05, 4.69) is 0 Å². The fourth-order valence-corrected chi connectivity index (χ4v) is 2.93. The van der Waals surface area contributed by atoms with E-state index in [9.17, 15) is 22.4 Å². The first-order chi connectivity index (χ1) is 11.9. The largest absolute Gasteiger partial charge is 0.497 e. The zero-order valence-corrected chi connectivity index (χ0v) is 13.4. The lowest BCUT2D eigenvalue weighted by molar-refractivity contribution is 0.0717. The lowest BCUT2D eigenvalue weighted by Crippen LogP contribution is -2.38. The van der Waals surface area contributed by atoms with Gasteiger partial charge in [-0.3, -0.25) is 4.79 Å². The predicted molar refractivity (Wildman–Crippen MR) is 82.8 cm³/mol. The zero-order chi connectivity index (χ0) is 18.1. The standard InChI is InChI=1S/C18H15F4NO2/c1-25-11-4-2-10(3-5-11)9-23-7-6-12-15(18(23)24)14(19)8-13(16(12)20)17(21)22/h2-5,8,17H,6-7,9H2,1H3. The van der Waals surface area contributed by atoms with Crippen molar-refractivity contribution in [3.63, 3.8) is 0 Å². The number of fused-ring (bicyclic) bond motifs is 1. The van der Waals surface area contributed by atoms with Gasteiger partial charge in [-0.2, -0.15) is 0 Å². The van der Waals surface area contributed by atoms with Crippen molar-refractivity contribution in [3.8, 4) is 5.75 Å². The molecule has 3 rings (SSSR count). The van der Waals surface area contributed by atoms with E-state index in [-0.39, 0.29) is 25.1 Å². The molecular formula is C18H15F4NO2. The molecule has 25 heavy (non-hydrogen) atoms. The van der Waals surface area contributed by atoms with Crippen molar-refractivity contribution >= 4 is 5.91 Å². The van der Waals surface area contributed by atoms with Gasteiger partial charge >= 0.3 is 0 Å². The second-order valence-corrected chi connectivity index (χ2v) is 5.74. The summed E-state index contributed by atoms with van der Waals surface area (Å²) in [4.78, 5) is 13.9. The normalized spacial score (nSPS) is 14.0. The maximum absolute atomic E-state index is 14.2. The van der Waals surface area contributed by atoms with Crippen LogP contribution in [-0.4, -0.2) is 24.5 Å². The van der Waals surface area contributed by atoms with Gasteiger partial charge in [0.1, 0.15) is 17.4 Å². The van der Waals surface area contributed by atoms with Crippen LogP contribution in [0.1, 0.15) is 33.5 Å². The number of hydrogen-bond donors (Lipinski definition) is 0. The number of methoxy groups -OCH3 is 1. The van der Waals surface area contributed by atoms with Crippen molar-refractivity contribution in [3.05, 3.63) is 64.2 Å². The molecule has 0 unspecified atom stereocenters. The Kier molecular flexibility index (Phi) is 4.65. The minimum absolute atomic E-state index is 0.0134. The van der Waals surface area contributed by atoms with Gasteiger partial charge < -0.3 is 9.64 Å². The molecule has 0 saturated carbocycles. The van der Waals surface area contributed by atoms with Gasteiger partial charge in [-0.25, -0.2) is 17.6 Å². The van der Waals surface area contributed by atoms with E-state index >= 15 is 0 Å². The summed E-state index contributed by atoms with van der Waals surface area (Å²) in [6.07, 6.45) is -3.15. The molecule has 0 aromatic heterocycles. The van der Waals surface area contributed by atoms with Crippen LogP contribution in [0.2, 0.25) is 0 Å². The average Bonchev–Trinajstić information content (AvgIpc) is 2.60. The summed E-state index contributed by atoms with van der Waals surface area (Å²) in [5.41, 5.74) is -0.941. The summed E-state index contributed by atoms with van der Waals surface area (Å²) < 4.78 is 59.0. The summed E-state index contributed by atoms with van der Waals surface area (Å²) in [5.74, 6) is -2.35. The summed E-state index contributed by atoms with van der Waals surface area (Å²) in [7, 11) is 1.53. The van der Waals surface area contributed by atoms with Crippen molar-refractivity contribution < 1.29 is 27.1 Å². The Labute approximate surface area is 141 Å². The maximum atomic E-state index is 14.2. The molecule has 0 fully saturated rings. The first-order valence-electron chi connectivity index (χ1n) is 7.63. The minimum atomic E-state index is -3.13. The molecule has 2 aromatic carbocycles. The molecule has 1 aliphatic rings. The lowest BCUT2D eigenvalue weighted by Gasteiger charge is -2.29. The quantitative estimate of drug-likeness (QED) is 0.774. The zero-order valence-electron chi connectivity index (χ0n) is 13.4. The molecule has 3 nitrogen and oxygen atoms in total. The summed E-state index contributed by atoms with van der Waals surface area (Å²) in [5, 5.41) is 0. The molecule has 0 spiro atoms. The van der Waals surface area contributed by atoms with Gasteiger partial charge in [-0.15, -0.1) is 0 Å². The maximum Gasteiger partial charge on any atom is 0.266 e. The molecule has 7 heteroatoms. The number of rotatable bonds is 4. The number of nitrogens with zero attached hydrogens (tertiary/aromatic N) is 1. The van der Waals surface area contributed by atoms with Crippen LogP contribution in [0.4, 0.5) is 17.6 Å². The average molecular weight is 353 g/mol. The van der Waals surface area contributed by atoms with E-state index in [1.165, 1.54) is 12.0 Å². The van der Waals surface area contributed by atoms with Gasteiger partial charge in [0.25, 0.3) is 12.3 Å². The molecule has 0 radical (unpaired) electrons. The summed E-state index contributed by atoms with van der Waals surface area (Å²) >= 11 is 0. The molecule has 1 aliphatic heterocycles. The first-order valence-corrected chi connectivity index (χ1v) is 7.63. The molecule has 2 aromatic rings. The Morgan fingerprint density at radius 2 is 1.88 bits per heavy atom. The van der Waals surface area contributed by atoms with E-state index in [1.54, 1.807) is 24.3 Å². The Morgan fingerprint density at radius 3 is 2.48 bits per heavy atom. The number of halogens is 4. The fraction of sp³-hybridized carbons (Fsp3) is 0.278. The molecule has 0 aliphatic carbocycles. The Balaban J connectivity index is 1.89. The smallest absolute Gasteiger partial charge is 0.266 e. The number of benzene rings is 2. The Hall–Kier alpha value is -2.57. The third-order valence-corrected chi connectivity index (χ3v) is 4.24. The van der Waals surface area contributed by atoms with E-state index in [0.717, 1.165) is 5.56 Å². The monoisotopic (exact) mass is 353 g/mol. The highest BCUT2D eigenvalue weighted by Gasteiger charge is 2.32. The second-order valence-electron chi connectivity index (χ2n) is 5.74. The third-order valence-electron chi connectivity index (χ3n) is 4.24. The van der Waals surface area contributed by atoms with Crippen molar-refractivity contribution in [2.75, 3.05) is 13.7 Å². The van der Waals surface area contributed by atoms with E-state index in [0.29, 0.717) is 11.8 Å². The molecule has 132 valence electrons. The van der Waals surface area contributed by atoms with E-state index in [1.807, 2.05) is 0 Å². The predicted octanol–water partition coefficient (Wildman–Crippen LogP) is 4.11. The van der Waals surface area contributed by atoms with Gasteiger partial charge in [0, 0.05) is 18.7 Å². The summed E-state index contributed by atoms with van der Waals surface area (Å²) in [6.45, 7) is 0.334. The Bertz CT molecular complexity index is 806. The number of carbonyl (C=O) groups is 1. The highest BCUT2D eigenvalue weighted by molar-refractivity contribution is 5.97. The van der Waals surface area contributed by atoms with Crippen LogP contribution in [0.15, 0.2) is 30.3 Å². The Morgan fingerprint density at radius 1 is 1.20 bits per heavy atom. The van der Waals surface area contributed by atoms with Gasteiger partial charge in [0.15, 0.2) is 0 Å². The van der Waals surface area contributed by atoms with Crippen LogP contribution in [0.25, 0.3) is 0 Å². The van der Waals surface area contributed by atoms with Crippen molar-refractivity contribution in [1.82, 2.24) is 4.90 Å². The van der Waals surface area contributed by atoms with Crippen LogP contribution in [0.3, 0.4) is 0 Å². The highest BCUT2D eigenvalue weighted by atomic mass is 19.3. The molecule has 1 amide bonds. The van der Waals surface area contributed by atoms with Gasteiger partial charge in [-0.05, 0) is 30.2 Å². The van der Waals surface area contributed by atoms with Gasteiger partial charge in [0.2, 0.25) is 0 Å². The van der Waals surface area contributed by atoms with Crippen LogP contribution >= 0.6 is 0 Å². The van der Waals surface area contributed by atoms with Gasteiger partial charge in [0.05, 0.1) is 18.2 Å². The lowest BCUT2D eigenvalue weighted by atomic mass is 9.94. The van der Waals surface area contributed by atoms with Crippen molar-refractivity contribution in [1.29, 1.82) is 0 Å². The molecule has 1 heterocycles. The molecule has 0 N–H and O–H groups in total. The van der Waals surface area contributed by atoms with Crippen LogP contribution in [0.5, 0.6) is 5.75 Å². The highest BCUT2D eigenvalue weighted by Crippen LogP contribution is 2.32. The minimum Gasteiger partial charge on any atom is -0.497 e. The van der Waals surface area contributed by atoms with Crippen LogP contribution in [0, 0.1) is 11.6 Å². The number of amides is 1. The molecule has 0 bridgehead atoms. The fourth-order valence-electron chi connectivity index (χ4n) is 2.93. The number of hydrogen-bond acceptors (Lipinski definition) is 2.